The Morgan fingerprint density at radius 3 is 2.25 bits per heavy atom. The average Bonchev–Trinajstić information content (AvgIpc) is 2.80. The summed E-state index contributed by atoms with van der Waals surface area (Å²) in [5.41, 5.74) is 2.65. The summed E-state index contributed by atoms with van der Waals surface area (Å²) in [5, 5.41) is 0. The second-order valence-corrected chi connectivity index (χ2v) is 8.24. The summed E-state index contributed by atoms with van der Waals surface area (Å²) in [4.78, 5) is 17.3. The molecule has 0 radical (unpaired) electrons. The molecule has 0 N–H and O–H groups in total. The lowest BCUT2D eigenvalue weighted by atomic mass is 9.99. The van der Waals surface area contributed by atoms with Crippen molar-refractivity contribution in [1.82, 2.24) is 4.90 Å². The Kier molecular flexibility index (Phi) is 6.61. The van der Waals surface area contributed by atoms with Crippen molar-refractivity contribution in [2.24, 2.45) is 0 Å². The zero-order valence-electron chi connectivity index (χ0n) is 17.9. The van der Waals surface area contributed by atoms with E-state index in [1.165, 1.54) is 30.3 Å². The number of amides is 1. The monoisotopic (exact) mass is 438 g/mol. The Morgan fingerprint density at radius 2 is 1.59 bits per heavy atom. The molecule has 0 bridgehead atoms. The van der Waals surface area contributed by atoms with Crippen molar-refractivity contribution in [3.05, 3.63) is 101 Å². The number of benzene rings is 3. The summed E-state index contributed by atoms with van der Waals surface area (Å²) >= 11 is 0. The number of carbonyl (C=O) groups is 1. The maximum Gasteiger partial charge on any atom is 0.258 e. The lowest BCUT2D eigenvalue weighted by molar-refractivity contribution is 0.0958. The molecule has 1 saturated heterocycles. The van der Waals surface area contributed by atoms with E-state index in [0.717, 1.165) is 17.3 Å². The van der Waals surface area contributed by atoms with Gasteiger partial charge in [-0.2, -0.15) is 0 Å². The van der Waals surface area contributed by atoms with Crippen LogP contribution in [-0.2, 0) is 6.54 Å². The first-order chi connectivity index (χ1) is 15.4. The summed E-state index contributed by atoms with van der Waals surface area (Å²) in [6.07, 6.45) is 1.38. The SMILES string of the molecule is Cc1ccc(N(C(=O)c2ccc(F)cc2)C2CCN(Cc3cccc(F)c3F)CC2)cc1. The van der Waals surface area contributed by atoms with Crippen molar-refractivity contribution in [2.75, 3.05) is 18.0 Å². The molecule has 1 heterocycles. The van der Waals surface area contributed by atoms with E-state index in [4.69, 9.17) is 0 Å². The quantitative estimate of drug-likeness (QED) is 0.508. The predicted molar refractivity (Wildman–Crippen MR) is 119 cm³/mol. The van der Waals surface area contributed by atoms with Crippen LogP contribution in [0.3, 0.4) is 0 Å². The van der Waals surface area contributed by atoms with Crippen LogP contribution in [0.2, 0.25) is 0 Å². The summed E-state index contributed by atoms with van der Waals surface area (Å²) in [6.45, 7) is 3.62. The van der Waals surface area contributed by atoms with Gasteiger partial charge >= 0.3 is 0 Å². The van der Waals surface area contributed by atoms with E-state index in [0.29, 0.717) is 43.6 Å². The van der Waals surface area contributed by atoms with E-state index in [2.05, 4.69) is 4.90 Å². The van der Waals surface area contributed by atoms with E-state index < -0.39 is 11.6 Å². The minimum absolute atomic E-state index is 0.0520. The van der Waals surface area contributed by atoms with Gasteiger partial charge < -0.3 is 4.90 Å². The summed E-state index contributed by atoms with van der Waals surface area (Å²) in [7, 11) is 0. The first kappa shape index (κ1) is 22.1. The number of rotatable bonds is 5. The predicted octanol–water partition coefficient (Wildman–Crippen LogP) is 5.72. The third-order valence-corrected chi connectivity index (χ3v) is 5.97. The molecule has 0 saturated carbocycles. The third kappa shape index (κ3) is 4.86. The van der Waals surface area contributed by atoms with Gasteiger partial charge in [0.2, 0.25) is 0 Å². The first-order valence-corrected chi connectivity index (χ1v) is 10.7. The number of likely N-dealkylation sites (tertiary alicyclic amines) is 1. The lowest BCUT2D eigenvalue weighted by Crippen LogP contribution is -2.47. The van der Waals surface area contributed by atoms with Crippen LogP contribution in [0.1, 0.15) is 34.3 Å². The number of aryl methyl sites for hydroxylation is 1. The number of anilines is 1. The Hall–Kier alpha value is -3.12. The Morgan fingerprint density at radius 1 is 0.938 bits per heavy atom. The van der Waals surface area contributed by atoms with Gasteiger partial charge in [0.05, 0.1) is 0 Å². The number of piperidine rings is 1. The molecule has 0 atom stereocenters. The molecule has 3 aromatic carbocycles. The van der Waals surface area contributed by atoms with Crippen molar-refractivity contribution in [3.63, 3.8) is 0 Å². The van der Waals surface area contributed by atoms with Gasteiger partial charge in [0.25, 0.3) is 5.91 Å². The summed E-state index contributed by atoms with van der Waals surface area (Å²) in [5.74, 6) is -2.21. The van der Waals surface area contributed by atoms with Gasteiger partial charge in [-0.3, -0.25) is 9.69 Å². The van der Waals surface area contributed by atoms with Gasteiger partial charge in [0, 0.05) is 42.5 Å². The molecule has 1 aliphatic heterocycles. The number of hydrogen-bond donors (Lipinski definition) is 0. The van der Waals surface area contributed by atoms with Crippen molar-refractivity contribution < 1.29 is 18.0 Å². The van der Waals surface area contributed by atoms with E-state index in [-0.39, 0.29) is 17.8 Å². The average molecular weight is 438 g/mol. The zero-order valence-corrected chi connectivity index (χ0v) is 17.9. The topological polar surface area (TPSA) is 23.6 Å². The van der Waals surface area contributed by atoms with E-state index in [9.17, 15) is 18.0 Å². The standard InChI is InChI=1S/C26H25F3N2O/c1-18-5-11-22(12-6-18)31(26(32)19-7-9-21(27)10-8-19)23-13-15-30(16-14-23)17-20-3-2-4-24(28)25(20)29/h2-12,23H,13-17H2,1H3. The highest BCUT2D eigenvalue weighted by Gasteiger charge is 2.30. The number of carbonyl (C=O) groups excluding carboxylic acids is 1. The van der Waals surface area contributed by atoms with Crippen LogP contribution in [0.25, 0.3) is 0 Å². The smallest absolute Gasteiger partial charge is 0.258 e. The van der Waals surface area contributed by atoms with E-state index in [1.807, 2.05) is 31.2 Å². The second-order valence-electron chi connectivity index (χ2n) is 8.24. The van der Waals surface area contributed by atoms with Gasteiger partial charge in [-0.1, -0.05) is 29.8 Å². The number of hydrogen-bond acceptors (Lipinski definition) is 2. The maximum absolute atomic E-state index is 14.1. The highest BCUT2D eigenvalue weighted by atomic mass is 19.2. The number of halogens is 3. The van der Waals surface area contributed by atoms with E-state index >= 15 is 0 Å². The largest absolute Gasteiger partial charge is 0.305 e. The highest BCUT2D eigenvalue weighted by molar-refractivity contribution is 6.06. The molecule has 0 aromatic heterocycles. The molecular formula is C26H25F3N2O. The Labute approximate surface area is 186 Å². The van der Waals surface area contributed by atoms with Crippen LogP contribution >= 0.6 is 0 Å². The van der Waals surface area contributed by atoms with E-state index in [1.54, 1.807) is 11.0 Å². The first-order valence-electron chi connectivity index (χ1n) is 10.7. The van der Waals surface area contributed by atoms with Crippen LogP contribution in [0.4, 0.5) is 18.9 Å². The van der Waals surface area contributed by atoms with Crippen LogP contribution in [0.15, 0.2) is 66.7 Å². The Bertz CT molecular complexity index is 1080. The fraction of sp³-hybridized carbons (Fsp3) is 0.269. The maximum atomic E-state index is 14.1. The molecule has 4 rings (SSSR count). The highest BCUT2D eigenvalue weighted by Crippen LogP contribution is 2.27. The van der Waals surface area contributed by atoms with Crippen molar-refractivity contribution in [1.29, 1.82) is 0 Å². The van der Waals surface area contributed by atoms with Gasteiger partial charge in [-0.15, -0.1) is 0 Å². The van der Waals surface area contributed by atoms with Crippen LogP contribution in [0, 0.1) is 24.4 Å². The van der Waals surface area contributed by atoms with Gasteiger partial charge in [0.15, 0.2) is 11.6 Å². The number of nitrogens with zero attached hydrogens (tertiary/aromatic N) is 2. The Balaban J connectivity index is 1.52. The molecule has 1 aliphatic rings. The van der Waals surface area contributed by atoms with Crippen molar-refractivity contribution in [3.8, 4) is 0 Å². The van der Waals surface area contributed by atoms with Gasteiger partial charge in [-0.25, -0.2) is 13.2 Å². The molecule has 1 amide bonds. The van der Waals surface area contributed by atoms with Crippen LogP contribution < -0.4 is 4.90 Å². The second kappa shape index (κ2) is 9.57. The van der Waals surface area contributed by atoms with Crippen molar-refractivity contribution >= 4 is 11.6 Å². The normalized spacial score (nSPS) is 15.0. The fourth-order valence-corrected chi connectivity index (χ4v) is 4.18. The fourth-order valence-electron chi connectivity index (χ4n) is 4.18. The molecule has 0 aliphatic carbocycles. The zero-order chi connectivity index (χ0) is 22.7. The third-order valence-electron chi connectivity index (χ3n) is 5.97. The van der Waals surface area contributed by atoms with Gasteiger partial charge in [-0.05, 0) is 62.2 Å². The summed E-state index contributed by atoms with van der Waals surface area (Å²) < 4.78 is 41.0. The molecule has 32 heavy (non-hydrogen) atoms. The molecule has 0 unspecified atom stereocenters. The molecule has 3 aromatic rings. The van der Waals surface area contributed by atoms with Crippen LogP contribution in [0.5, 0.6) is 0 Å². The molecule has 3 nitrogen and oxygen atoms in total. The summed E-state index contributed by atoms with van der Waals surface area (Å²) in [6, 6.07) is 17.5. The molecule has 1 fully saturated rings. The molecule has 6 heteroatoms. The van der Waals surface area contributed by atoms with Crippen molar-refractivity contribution in [2.45, 2.75) is 32.4 Å². The molecule has 166 valence electrons. The molecular weight excluding hydrogens is 413 g/mol. The lowest BCUT2D eigenvalue weighted by Gasteiger charge is -2.38. The minimum atomic E-state index is -0.840. The minimum Gasteiger partial charge on any atom is -0.305 e. The molecule has 0 spiro atoms. The van der Waals surface area contributed by atoms with Crippen LogP contribution in [-0.4, -0.2) is 29.9 Å². The van der Waals surface area contributed by atoms with Gasteiger partial charge in [0.1, 0.15) is 5.82 Å².